The predicted octanol–water partition coefficient (Wildman–Crippen LogP) is 3.22. The van der Waals surface area contributed by atoms with Gasteiger partial charge in [0.05, 0.1) is 15.6 Å². The van der Waals surface area contributed by atoms with Crippen LogP contribution in [0.25, 0.3) is 0 Å². The molecule has 8 heteroatoms. The van der Waals surface area contributed by atoms with Crippen molar-refractivity contribution in [2.75, 3.05) is 12.4 Å². The smallest absolute Gasteiger partial charge is 0.265 e. The van der Waals surface area contributed by atoms with Crippen molar-refractivity contribution < 1.29 is 23.5 Å². The summed E-state index contributed by atoms with van der Waals surface area (Å²) in [5, 5.41) is 2.64. The van der Waals surface area contributed by atoms with Crippen LogP contribution in [0.5, 0.6) is 5.75 Å². The Kier molecular flexibility index (Phi) is 4.78. The van der Waals surface area contributed by atoms with E-state index in [0.29, 0.717) is 21.5 Å². The molecule has 0 saturated carbocycles. The second-order valence-corrected chi connectivity index (χ2v) is 6.61. The number of hydrogen-bond donors (Lipinski definition) is 1. The van der Waals surface area contributed by atoms with E-state index in [0.717, 1.165) is 4.90 Å². The molecule has 26 heavy (non-hydrogen) atoms. The highest BCUT2D eigenvalue weighted by atomic mass is 79.9. The summed E-state index contributed by atoms with van der Waals surface area (Å²) in [6.07, 6.45) is -0.870. The Hall–Kier alpha value is -2.74. The third-order valence-electron chi connectivity index (χ3n) is 3.92. The van der Waals surface area contributed by atoms with Crippen LogP contribution in [-0.2, 0) is 4.79 Å². The third-order valence-corrected chi connectivity index (χ3v) is 4.54. The number of nitrogens with zero attached hydrogens (tertiary/aromatic N) is 1. The van der Waals surface area contributed by atoms with Gasteiger partial charge in [0.25, 0.3) is 17.7 Å². The van der Waals surface area contributed by atoms with Crippen molar-refractivity contribution in [2.24, 2.45) is 0 Å². The van der Waals surface area contributed by atoms with Gasteiger partial charge in [0, 0.05) is 12.7 Å². The van der Waals surface area contributed by atoms with Crippen molar-refractivity contribution in [3.05, 3.63) is 57.8 Å². The zero-order chi connectivity index (χ0) is 19.0. The fourth-order valence-corrected chi connectivity index (χ4v) is 2.94. The Morgan fingerprint density at radius 2 is 1.85 bits per heavy atom. The second kappa shape index (κ2) is 6.87. The van der Waals surface area contributed by atoms with Crippen LogP contribution in [0, 0.1) is 5.82 Å². The van der Waals surface area contributed by atoms with Gasteiger partial charge in [0.1, 0.15) is 11.6 Å². The van der Waals surface area contributed by atoms with Gasteiger partial charge in [-0.05, 0) is 59.3 Å². The highest BCUT2D eigenvalue weighted by molar-refractivity contribution is 9.10. The summed E-state index contributed by atoms with van der Waals surface area (Å²) in [7, 11) is 1.40. The average Bonchev–Trinajstić information content (AvgIpc) is 2.81. The van der Waals surface area contributed by atoms with E-state index in [9.17, 15) is 18.8 Å². The van der Waals surface area contributed by atoms with Gasteiger partial charge in [-0.1, -0.05) is 0 Å². The molecule has 0 aliphatic carbocycles. The number of anilines is 1. The van der Waals surface area contributed by atoms with Gasteiger partial charge in [-0.15, -0.1) is 0 Å². The number of rotatable bonds is 4. The van der Waals surface area contributed by atoms with Crippen LogP contribution in [0.2, 0.25) is 0 Å². The number of imide groups is 1. The minimum absolute atomic E-state index is 0.241. The maximum atomic E-state index is 13.1. The van der Waals surface area contributed by atoms with Crippen molar-refractivity contribution >= 4 is 39.3 Å². The zero-order valence-electron chi connectivity index (χ0n) is 13.9. The van der Waals surface area contributed by atoms with E-state index in [1.807, 2.05) is 0 Å². The Labute approximate surface area is 157 Å². The van der Waals surface area contributed by atoms with Crippen LogP contribution in [-0.4, -0.2) is 35.8 Å². The summed E-state index contributed by atoms with van der Waals surface area (Å²) in [6, 6.07) is 8.37. The monoisotopic (exact) mass is 420 g/mol. The minimum atomic E-state index is -0.870. The molecule has 3 amide bonds. The van der Waals surface area contributed by atoms with Crippen LogP contribution >= 0.6 is 15.9 Å². The molecule has 0 bridgehead atoms. The quantitative estimate of drug-likeness (QED) is 0.770. The molecule has 0 fully saturated rings. The molecule has 6 nitrogen and oxygen atoms in total. The molecule has 1 heterocycles. The third kappa shape index (κ3) is 3.32. The Morgan fingerprint density at radius 1 is 1.15 bits per heavy atom. The van der Waals surface area contributed by atoms with Gasteiger partial charge >= 0.3 is 0 Å². The summed E-state index contributed by atoms with van der Waals surface area (Å²) >= 11 is 3.17. The molecule has 1 aliphatic rings. The molecule has 134 valence electrons. The van der Waals surface area contributed by atoms with Gasteiger partial charge in [0.2, 0.25) is 0 Å². The first-order chi connectivity index (χ1) is 12.3. The molecule has 2 aromatic rings. The highest BCUT2D eigenvalue weighted by Crippen LogP contribution is 2.27. The molecule has 0 aromatic heterocycles. The number of hydrogen-bond acceptors (Lipinski definition) is 4. The fraction of sp³-hybridized carbons (Fsp3) is 0.167. The molecule has 1 atom stereocenters. The first-order valence-electron chi connectivity index (χ1n) is 7.67. The van der Waals surface area contributed by atoms with Crippen LogP contribution in [0.1, 0.15) is 27.6 Å². The molecule has 0 spiro atoms. The number of fused-ring (bicyclic) bond motifs is 1. The van der Waals surface area contributed by atoms with Gasteiger partial charge in [-0.3, -0.25) is 19.3 Å². The molecule has 1 aliphatic heterocycles. The average molecular weight is 421 g/mol. The van der Waals surface area contributed by atoms with Crippen LogP contribution in [0.4, 0.5) is 10.1 Å². The maximum Gasteiger partial charge on any atom is 0.265 e. The first kappa shape index (κ1) is 18.1. The summed E-state index contributed by atoms with van der Waals surface area (Å²) in [4.78, 5) is 37.2. The van der Waals surface area contributed by atoms with Crippen LogP contribution in [0.15, 0.2) is 40.9 Å². The second-order valence-electron chi connectivity index (χ2n) is 5.75. The van der Waals surface area contributed by atoms with Gasteiger partial charge in [-0.25, -0.2) is 4.39 Å². The molecular formula is C18H14BrFN2O4. The summed E-state index contributed by atoms with van der Waals surface area (Å²) in [6.45, 7) is 1.54. The number of benzene rings is 2. The zero-order valence-corrected chi connectivity index (χ0v) is 15.5. The van der Waals surface area contributed by atoms with E-state index >= 15 is 0 Å². The van der Waals surface area contributed by atoms with E-state index in [1.165, 1.54) is 37.4 Å². The fourth-order valence-electron chi connectivity index (χ4n) is 2.50. The van der Waals surface area contributed by atoms with E-state index < -0.39 is 23.7 Å². The van der Waals surface area contributed by atoms with E-state index in [4.69, 9.17) is 4.74 Å². The van der Waals surface area contributed by atoms with E-state index in [2.05, 4.69) is 21.2 Å². The largest absolute Gasteiger partial charge is 0.480 e. The minimum Gasteiger partial charge on any atom is -0.480 e. The SMILES string of the molecule is CC(Oc1ccc(F)cc1Br)C(=O)Nc1ccc2c(c1)C(=O)N(C)C2=O. The lowest BCUT2D eigenvalue weighted by Gasteiger charge is -2.16. The maximum absolute atomic E-state index is 13.1. The molecule has 2 aromatic carbocycles. The van der Waals surface area contributed by atoms with Gasteiger partial charge in [-0.2, -0.15) is 0 Å². The number of halogens is 2. The molecule has 0 saturated heterocycles. The molecule has 3 rings (SSSR count). The number of amides is 3. The van der Waals surface area contributed by atoms with Crippen LogP contribution < -0.4 is 10.1 Å². The van der Waals surface area contributed by atoms with Crippen molar-refractivity contribution in [1.29, 1.82) is 0 Å². The summed E-state index contributed by atoms with van der Waals surface area (Å²) in [5.41, 5.74) is 0.916. The normalized spacial score (nSPS) is 14.2. The lowest BCUT2D eigenvalue weighted by Crippen LogP contribution is -2.30. The number of carbonyl (C=O) groups excluding carboxylic acids is 3. The molecule has 1 N–H and O–H groups in total. The number of carbonyl (C=O) groups is 3. The standard InChI is InChI=1S/C18H14BrFN2O4/c1-9(26-15-6-3-10(20)7-14(15)19)16(23)21-11-4-5-12-13(8-11)18(25)22(2)17(12)24/h3-9H,1-2H3,(H,21,23). The summed E-state index contributed by atoms with van der Waals surface area (Å²) < 4.78 is 19.0. The molecule has 0 radical (unpaired) electrons. The van der Waals surface area contributed by atoms with Crippen molar-refractivity contribution in [2.45, 2.75) is 13.0 Å². The first-order valence-corrected chi connectivity index (χ1v) is 8.46. The van der Waals surface area contributed by atoms with Gasteiger partial charge < -0.3 is 10.1 Å². The van der Waals surface area contributed by atoms with Crippen LogP contribution in [0.3, 0.4) is 0 Å². The molecular weight excluding hydrogens is 407 g/mol. The lowest BCUT2D eigenvalue weighted by molar-refractivity contribution is -0.122. The van der Waals surface area contributed by atoms with E-state index in [-0.39, 0.29) is 11.5 Å². The number of ether oxygens (including phenoxy) is 1. The van der Waals surface area contributed by atoms with Crippen molar-refractivity contribution in [3.63, 3.8) is 0 Å². The van der Waals surface area contributed by atoms with E-state index in [1.54, 1.807) is 13.0 Å². The van der Waals surface area contributed by atoms with Crippen molar-refractivity contribution in [3.8, 4) is 5.75 Å². The Morgan fingerprint density at radius 3 is 2.54 bits per heavy atom. The lowest BCUT2D eigenvalue weighted by atomic mass is 10.1. The highest BCUT2D eigenvalue weighted by Gasteiger charge is 2.32. The predicted molar refractivity (Wildman–Crippen MR) is 95.7 cm³/mol. The number of nitrogens with one attached hydrogen (secondary N) is 1. The Bertz CT molecular complexity index is 931. The van der Waals surface area contributed by atoms with Gasteiger partial charge in [0.15, 0.2) is 6.10 Å². The molecule has 1 unspecified atom stereocenters. The summed E-state index contributed by atoms with van der Waals surface area (Å²) in [5.74, 6) is -1.35. The Balaban J connectivity index is 1.72. The van der Waals surface area contributed by atoms with Crippen molar-refractivity contribution in [1.82, 2.24) is 4.90 Å². The topological polar surface area (TPSA) is 75.7 Å².